The van der Waals surface area contributed by atoms with Gasteiger partial charge in [-0.3, -0.25) is 0 Å². The molecule has 2 N–H and O–H groups in total. The van der Waals surface area contributed by atoms with Gasteiger partial charge in [0.1, 0.15) is 0 Å². The van der Waals surface area contributed by atoms with Crippen molar-refractivity contribution in [1.82, 2.24) is 0 Å². The molecule has 112 valence electrons. The third kappa shape index (κ3) is 4.46. The number of hydrogen-bond donors (Lipinski definition) is 1. The number of unbranched alkanes of at least 4 members (excludes halogenated alkanes) is 5. The highest BCUT2D eigenvalue weighted by molar-refractivity contribution is 4.96. The van der Waals surface area contributed by atoms with E-state index in [1.54, 1.807) is 0 Å². The minimum atomic E-state index is 0.266. The van der Waals surface area contributed by atoms with Crippen LogP contribution in [-0.4, -0.2) is 18.2 Å². The second-order valence-electron chi connectivity index (χ2n) is 6.86. The molecule has 19 heavy (non-hydrogen) atoms. The van der Waals surface area contributed by atoms with E-state index in [0.717, 1.165) is 12.5 Å². The summed E-state index contributed by atoms with van der Waals surface area (Å²) in [6, 6.07) is 0.424. The van der Waals surface area contributed by atoms with Crippen molar-refractivity contribution in [3.63, 3.8) is 0 Å². The van der Waals surface area contributed by atoms with Gasteiger partial charge in [0.25, 0.3) is 0 Å². The smallest absolute Gasteiger partial charge is 0.0685 e. The zero-order valence-electron chi connectivity index (χ0n) is 12.8. The molecule has 1 heterocycles. The Labute approximate surface area is 119 Å². The molecule has 0 aromatic rings. The van der Waals surface area contributed by atoms with E-state index in [-0.39, 0.29) is 5.60 Å². The topological polar surface area (TPSA) is 35.2 Å². The van der Waals surface area contributed by atoms with Gasteiger partial charge in [0.05, 0.1) is 5.60 Å². The van der Waals surface area contributed by atoms with Crippen LogP contribution in [0.15, 0.2) is 0 Å². The van der Waals surface area contributed by atoms with Crippen LogP contribution in [0, 0.1) is 5.92 Å². The Morgan fingerprint density at radius 2 is 1.89 bits per heavy atom. The summed E-state index contributed by atoms with van der Waals surface area (Å²) in [7, 11) is 0. The lowest BCUT2D eigenvalue weighted by Crippen LogP contribution is -2.49. The van der Waals surface area contributed by atoms with Crippen LogP contribution in [-0.2, 0) is 4.74 Å². The second-order valence-corrected chi connectivity index (χ2v) is 6.86. The maximum absolute atomic E-state index is 6.43. The van der Waals surface area contributed by atoms with E-state index < -0.39 is 0 Å². The largest absolute Gasteiger partial charge is 0.375 e. The highest BCUT2D eigenvalue weighted by Crippen LogP contribution is 2.45. The second kappa shape index (κ2) is 7.64. The van der Waals surface area contributed by atoms with E-state index in [9.17, 15) is 0 Å². The standard InChI is InChI=1S/C17H33NO/c1-2-3-4-5-6-7-9-16(18)15-10-13-19-17(14-15)11-8-12-17/h15-16H,2-14,18H2,1H3. The fourth-order valence-electron chi connectivity index (χ4n) is 3.75. The van der Waals surface area contributed by atoms with Crippen LogP contribution in [0.2, 0.25) is 0 Å². The Hall–Kier alpha value is -0.0800. The summed E-state index contributed by atoms with van der Waals surface area (Å²) in [5, 5.41) is 0. The SMILES string of the molecule is CCCCCCCCC(N)C1CCOC2(CCC2)C1. The Bertz CT molecular complexity index is 250. The number of hydrogen-bond acceptors (Lipinski definition) is 2. The molecule has 2 aliphatic rings. The molecular weight excluding hydrogens is 234 g/mol. The van der Waals surface area contributed by atoms with Crippen molar-refractivity contribution in [3.8, 4) is 0 Å². The molecule has 0 amide bonds. The first-order valence-corrected chi connectivity index (χ1v) is 8.65. The summed E-state index contributed by atoms with van der Waals surface area (Å²) in [4.78, 5) is 0. The average molecular weight is 267 g/mol. The first-order chi connectivity index (χ1) is 9.26. The monoisotopic (exact) mass is 267 g/mol. The van der Waals surface area contributed by atoms with Gasteiger partial charge < -0.3 is 10.5 Å². The summed E-state index contributed by atoms with van der Waals surface area (Å²) in [5.74, 6) is 0.727. The van der Waals surface area contributed by atoms with Crippen LogP contribution in [0.5, 0.6) is 0 Å². The fourth-order valence-corrected chi connectivity index (χ4v) is 3.75. The van der Waals surface area contributed by atoms with Crippen LogP contribution in [0.3, 0.4) is 0 Å². The maximum atomic E-state index is 6.43. The van der Waals surface area contributed by atoms with Crippen LogP contribution in [0.4, 0.5) is 0 Å². The minimum Gasteiger partial charge on any atom is -0.375 e. The molecule has 1 aliphatic heterocycles. The molecule has 1 saturated heterocycles. The Morgan fingerprint density at radius 3 is 2.58 bits per heavy atom. The minimum absolute atomic E-state index is 0.266. The molecule has 1 aliphatic carbocycles. The van der Waals surface area contributed by atoms with E-state index in [0.29, 0.717) is 6.04 Å². The Kier molecular flexibility index (Phi) is 6.15. The van der Waals surface area contributed by atoms with E-state index in [2.05, 4.69) is 6.92 Å². The van der Waals surface area contributed by atoms with Crippen molar-refractivity contribution < 1.29 is 4.74 Å². The lowest BCUT2D eigenvalue weighted by atomic mass is 9.70. The van der Waals surface area contributed by atoms with Gasteiger partial charge >= 0.3 is 0 Å². The third-order valence-corrected chi connectivity index (χ3v) is 5.29. The quantitative estimate of drug-likeness (QED) is 0.661. The Balaban J connectivity index is 1.58. The summed E-state index contributed by atoms with van der Waals surface area (Å²) in [6.07, 6.45) is 15.8. The van der Waals surface area contributed by atoms with Gasteiger partial charge in [0.15, 0.2) is 0 Å². The van der Waals surface area contributed by atoms with Gasteiger partial charge in [-0.25, -0.2) is 0 Å². The van der Waals surface area contributed by atoms with Crippen molar-refractivity contribution in [1.29, 1.82) is 0 Å². The van der Waals surface area contributed by atoms with Crippen molar-refractivity contribution in [2.75, 3.05) is 6.61 Å². The molecule has 2 heteroatoms. The van der Waals surface area contributed by atoms with Crippen molar-refractivity contribution in [2.24, 2.45) is 11.7 Å². The molecule has 2 atom stereocenters. The predicted octanol–water partition coefficient (Wildman–Crippen LogP) is 4.41. The normalized spacial score (nSPS) is 27.2. The summed E-state index contributed by atoms with van der Waals surface area (Å²) < 4.78 is 6.00. The summed E-state index contributed by atoms with van der Waals surface area (Å²) in [5.41, 5.74) is 6.70. The van der Waals surface area contributed by atoms with Crippen molar-refractivity contribution >= 4 is 0 Å². The molecule has 2 rings (SSSR count). The van der Waals surface area contributed by atoms with E-state index in [1.165, 1.54) is 77.0 Å². The van der Waals surface area contributed by atoms with E-state index in [1.807, 2.05) is 0 Å². The highest BCUT2D eigenvalue weighted by Gasteiger charge is 2.43. The van der Waals surface area contributed by atoms with Crippen LogP contribution < -0.4 is 5.73 Å². The maximum Gasteiger partial charge on any atom is 0.0685 e. The first-order valence-electron chi connectivity index (χ1n) is 8.65. The zero-order chi connectivity index (χ0) is 13.6. The third-order valence-electron chi connectivity index (χ3n) is 5.29. The van der Waals surface area contributed by atoms with Gasteiger partial charge in [-0.2, -0.15) is 0 Å². The molecule has 0 bridgehead atoms. The molecule has 2 fully saturated rings. The number of nitrogens with two attached hydrogens (primary N) is 1. The van der Waals surface area contributed by atoms with Gasteiger partial charge in [-0.15, -0.1) is 0 Å². The molecule has 2 unspecified atom stereocenters. The Morgan fingerprint density at radius 1 is 1.16 bits per heavy atom. The van der Waals surface area contributed by atoms with Crippen molar-refractivity contribution in [2.45, 2.75) is 95.6 Å². The first kappa shape index (κ1) is 15.3. The number of rotatable bonds is 8. The van der Waals surface area contributed by atoms with Gasteiger partial charge in [-0.05, 0) is 44.4 Å². The molecule has 0 aromatic carbocycles. The lowest BCUT2D eigenvalue weighted by molar-refractivity contribution is -0.146. The predicted molar refractivity (Wildman–Crippen MR) is 81.2 cm³/mol. The van der Waals surface area contributed by atoms with E-state index >= 15 is 0 Å². The molecule has 0 aromatic heterocycles. The van der Waals surface area contributed by atoms with Crippen LogP contribution in [0.1, 0.15) is 84.0 Å². The van der Waals surface area contributed by atoms with Crippen LogP contribution in [0.25, 0.3) is 0 Å². The van der Waals surface area contributed by atoms with Gasteiger partial charge in [-0.1, -0.05) is 45.4 Å². The van der Waals surface area contributed by atoms with E-state index in [4.69, 9.17) is 10.5 Å². The van der Waals surface area contributed by atoms with Crippen molar-refractivity contribution in [3.05, 3.63) is 0 Å². The average Bonchev–Trinajstić information content (AvgIpc) is 2.41. The zero-order valence-corrected chi connectivity index (χ0v) is 12.8. The highest BCUT2D eigenvalue weighted by atomic mass is 16.5. The molecular formula is C17H33NO. The summed E-state index contributed by atoms with van der Waals surface area (Å²) >= 11 is 0. The van der Waals surface area contributed by atoms with Gasteiger partial charge in [0.2, 0.25) is 0 Å². The number of ether oxygens (including phenoxy) is 1. The van der Waals surface area contributed by atoms with Crippen LogP contribution >= 0.6 is 0 Å². The lowest BCUT2D eigenvalue weighted by Gasteiger charge is -2.48. The summed E-state index contributed by atoms with van der Waals surface area (Å²) in [6.45, 7) is 3.23. The molecule has 1 spiro atoms. The van der Waals surface area contributed by atoms with Gasteiger partial charge in [0, 0.05) is 12.6 Å². The fraction of sp³-hybridized carbons (Fsp3) is 1.00. The molecule has 0 radical (unpaired) electrons. The molecule has 1 saturated carbocycles. The molecule has 2 nitrogen and oxygen atoms in total.